The number of nitrogens with one attached hydrogen (secondary N) is 1. The van der Waals surface area contributed by atoms with Crippen LogP contribution >= 0.6 is 0 Å². The van der Waals surface area contributed by atoms with Gasteiger partial charge in [-0.25, -0.2) is 0 Å². The fourth-order valence-electron chi connectivity index (χ4n) is 1.31. The minimum Gasteiger partial charge on any atom is -0.459 e. The molecule has 3 N–H and O–H groups in total. The summed E-state index contributed by atoms with van der Waals surface area (Å²) in [6, 6.07) is 7.50. The third-order valence-electron chi connectivity index (χ3n) is 2.16. The first-order valence-electron chi connectivity index (χ1n) is 5.83. The molecule has 0 aliphatic heterocycles. The Morgan fingerprint density at radius 3 is 2.95 bits per heavy atom. The van der Waals surface area contributed by atoms with Crippen LogP contribution in [-0.2, 0) is 20.9 Å². The number of Topliss-reactive ketones (excluding diaryl/α,β-unsaturated/α-hetero) is 1. The maximum absolute atomic E-state index is 11.0. The number of esters is 1. The molecule has 0 saturated carbocycles. The monoisotopic (exact) mass is 263 g/mol. The molecule has 1 aromatic rings. The number of ketones is 1. The number of hydrogen-bond donors (Lipinski definition) is 2. The van der Waals surface area contributed by atoms with Gasteiger partial charge in [0.15, 0.2) is 0 Å². The van der Waals surface area contributed by atoms with Crippen LogP contribution in [0.25, 0.3) is 0 Å². The highest BCUT2D eigenvalue weighted by Gasteiger charge is 2.04. The predicted octanol–water partition coefficient (Wildman–Crippen LogP) is 1.07. The first-order chi connectivity index (χ1) is 9.11. The Balaban J connectivity index is 2.30. The van der Waals surface area contributed by atoms with Crippen LogP contribution in [0.4, 0.5) is 5.69 Å². The molecule has 0 heterocycles. The molecule has 102 valence electrons. The van der Waals surface area contributed by atoms with Crippen LogP contribution in [0.1, 0.15) is 18.9 Å². The minimum absolute atomic E-state index is 0.0235. The lowest BCUT2D eigenvalue weighted by atomic mass is 10.2. The zero-order valence-corrected chi connectivity index (χ0v) is 10.8. The fourth-order valence-corrected chi connectivity index (χ4v) is 1.31. The second-order valence-corrected chi connectivity index (χ2v) is 3.89. The first-order valence-corrected chi connectivity index (χ1v) is 5.83. The quantitative estimate of drug-likeness (QED) is 0.332. The van der Waals surface area contributed by atoms with E-state index in [0.29, 0.717) is 6.54 Å². The number of carbonyl (C=O) groups is 2. The molecule has 0 spiro atoms. The summed E-state index contributed by atoms with van der Waals surface area (Å²) >= 11 is 0. The highest BCUT2D eigenvalue weighted by molar-refractivity contribution is 5.94. The minimum atomic E-state index is -0.552. The Bertz CT molecular complexity index is 472. The summed E-state index contributed by atoms with van der Waals surface area (Å²) in [5.41, 5.74) is 10.1. The maximum atomic E-state index is 11.0. The van der Waals surface area contributed by atoms with Gasteiger partial charge in [-0.15, -0.1) is 0 Å². The fraction of sp³-hybridized carbons (Fsp3) is 0.308. The molecule has 0 unspecified atom stereocenters. The third-order valence-corrected chi connectivity index (χ3v) is 2.16. The van der Waals surface area contributed by atoms with Gasteiger partial charge in [0.25, 0.3) is 0 Å². The molecule has 0 amide bonds. The predicted molar refractivity (Wildman–Crippen MR) is 72.7 cm³/mol. The van der Waals surface area contributed by atoms with E-state index in [0.717, 1.165) is 11.3 Å². The summed E-state index contributed by atoms with van der Waals surface area (Å²) in [4.78, 5) is 21.7. The van der Waals surface area contributed by atoms with Crippen LogP contribution in [0.15, 0.2) is 29.4 Å². The summed E-state index contributed by atoms with van der Waals surface area (Å²) in [6.07, 6.45) is 1.20. The highest BCUT2D eigenvalue weighted by atomic mass is 16.5. The molecule has 1 aromatic carbocycles. The van der Waals surface area contributed by atoms with Crippen molar-refractivity contribution < 1.29 is 14.3 Å². The maximum Gasteiger partial charge on any atom is 0.313 e. The van der Waals surface area contributed by atoms with Crippen molar-refractivity contribution in [3.8, 4) is 0 Å². The summed E-state index contributed by atoms with van der Waals surface area (Å²) in [5, 5.41) is 3.89. The summed E-state index contributed by atoms with van der Waals surface area (Å²) < 4.78 is 4.77. The highest BCUT2D eigenvalue weighted by Crippen LogP contribution is 2.09. The summed E-state index contributed by atoms with van der Waals surface area (Å²) in [5.74, 6) is -0.775. The van der Waals surface area contributed by atoms with Crippen molar-refractivity contribution in [3.05, 3.63) is 29.8 Å². The van der Waals surface area contributed by atoms with E-state index in [1.807, 2.05) is 24.3 Å². The second-order valence-electron chi connectivity index (χ2n) is 3.89. The smallest absolute Gasteiger partial charge is 0.313 e. The number of hydrazone groups is 1. The molecule has 6 heteroatoms. The lowest BCUT2D eigenvalue weighted by Gasteiger charge is -2.02. The van der Waals surface area contributed by atoms with Crippen molar-refractivity contribution in [1.29, 1.82) is 0 Å². The van der Waals surface area contributed by atoms with E-state index >= 15 is 0 Å². The van der Waals surface area contributed by atoms with E-state index in [9.17, 15) is 9.59 Å². The van der Waals surface area contributed by atoms with Crippen LogP contribution < -0.4 is 11.2 Å². The molecule has 0 aliphatic carbocycles. The molecule has 0 bridgehead atoms. The number of ether oxygens (including phenoxy) is 1. The number of hydrogen-bond acceptors (Lipinski definition) is 6. The number of carbonyl (C=O) groups excluding carboxylic acids is 2. The SMILES string of the molecule is CC(=O)CC(=O)OCC=NNc1cccc(CN)c1. The Kier molecular flexibility index (Phi) is 6.25. The van der Waals surface area contributed by atoms with Crippen molar-refractivity contribution in [1.82, 2.24) is 0 Å². The molecule has 1 rings (SSSR count). The van der Waals surface area contributed by atoms with E-state index in [1.54, 1.807) is 0 Å². The molecule has 0 fully saturated rings. The van der Waals surface area contributed by atoms with Gasteiger partial charge >= 0.3 is 5.97 Å². The van der Waals surface area contributed by atoms with Crippen molar-refractivity contribution in [3.63, 3.8) is 0 Å². The Labute approximate surface area is 111 Å². The molecular formula is C13H17N3O3. The molecule has 6 nitrogen and oxygen atoms in total. The van der Waals surface area contributed by atoms with Crippen LogP contribution in [0, 0.1) is 0 Å². The van der Waals surface area contributed by atoms with Gasteiger partial charge in [0, 0.05) is 6.54 Å². The van der Waals surface area contributed by atoms with Gasteiger partial charge < -0.3 is 10.5 Å². The van der Waals surface area contributed by atoms with Crippen LogP contribution in [0.5, 0.6) is 0 Å². The van der Waals surface area contributed by atoms with Crippen molar-refractivity contribution >= 4 is 23.7 Å². The number of nitrogens with two attached hydrogens (primary N) is 1. The molecule has 0 atom stereocenters. The summed E-state index contributed by atoms with van der Waals surface area (Å²) in [7, 11) is 0. The number of benzene rings is 1. The topological polar surface area (TPSA) is 93.8 Å². The Morgan fingerprint density at radius 2 is 2.26 bits per heavy atom. The molecule has 0 radical (unpaired) electrons. The van der Waals surface area contributed by atoms with Crippen LogP contribution in [0.3, 0.4) is 0 Å². The standard InChI is InChI=1S/C13H17N3O3/c1-10(17)7-13(18)19-6-5-15-16-12-4-2-3-11(8-12)9-14/h2-5,8,16H,6-7,9,14H2,1H3. The number of anilines is 1. The van der Waals surface area contributed by atoms with Crippen LogP contribution in [-0.4, -0.2) is 24.6 Å². The summed E-state index contributed by atoms with van der Waals surface area (Å²) in [6.45, 7) is 1.82. The van der Waals surface area contributed by atoms with E-state index in [1.165, 1.54) is 13.1 Å². The van der Waals surface area contributed by atoms with Gasteiger partial charge in [-0.1, -0.05) is 12.1 Å². The molecular weight excluding hydrogens is 246 g/mol. The first kappa shape index (κ1) is 14.8. The third kappa shape index (κ3) is 6.32. The molecule has 0 aliphatic rings. The van der Waals surface area contributed by atoms with E-state index in [4.69, 9.17) is 10.5 Å². The van der Waals surface area contributed by atoms with E-state index in [-0.39, 0.29) is 18.8 Å². The van der Waals surface area contributed by atoms with Gasteiger partial charge in [0.05, 0.1) is 11.9 Å². The van der Waals surface area contributed by atoms with Gasteiger partial charge in [-0.05, 0) is 24.6 Å². The van der Waals surface area contributed by atoms with Gasteiger partial charge in [0.1, 0.15) is 18.8 Å². The lowest BCUT2D eigenvalue weighted by Crippen LogP contribution is -2.10. The van der Waals surface area contributed by atoms with Crippen LogP contribution in [0.2, 0.25) is 0 Å². The number of rotatable bonds is 7. The van der Waals surface area contributed by atoms with Gasteiger partial charge in [0.2, 0.25) is 0 Å². The zero-order valence-electron chi connectivity index (χ0n) is 10.8. The normalized spacial score (nSPS) is 10.4. The molecule has 19 heavy (non-hydrogen) atoms. The van der Waals surface area contributed by atoms with Crippen molar-refractivity contribution in [2.24, 2.45) is 10.8 Å². The second kappa shape index (κ2) is 7.99. The van der Waals surface area contributed by atoms with E-state index in [2.05, 4.69) is 10.5 Å². The van der Waals surface area contributed by atoms with Crippen molar-refractivity contribution in [2.75, 3.05) is 12.0 Å². The lowest BCUT2D eigenvalue weighted by molar-refractivity contribution is -0.144. The average molecular weight is 263 g/mol. The zero-order chi connectivity index (χ0) is 14.1. The average Bonchev–Trinajstić information content (AvgIpc) is 2.37. The van der Waals surface area contributed by atoms with Crippen molar-refractivity contribution in [2.45, 2.75) is 19.9 Å². The van der Waals surface area contributed by atoms with Gasteiger partial charge in [-0.3, -0.25) is 15.0 Å². The Morgan fingerprint density at radius 1 is 1.47 bits per heavy atom. The Hall–Kier alpha value is -2.21. The molecule has 0 saturated heterocycles. The largest absolute Gasteiger partial charge is 0.459 e. The number of nitrogens with zero attached hydrogens (tertiary/aromatic N) is 1. The van der Waals surface area contributed by atoms with Gasteiger partial charge in [-0.2, -0.15) is 5.10 Å². The molecule has 0 aromatic heterocycles. The van der Waals surface area contributed by atoms with E-state index < -0.39 is 5.97 Å².